The van der Waals surface area contributed by atoms with Gasteiger partial charge < -0.3 is 20.1 Å². The van der Waals surface area contributed by atoms with E-state index < -0.39 is 11.9 Å². The summed E-state index contributed by atoms with van der Waals surface area (Å²) >= 11 is 0. The Morgan fingerprint density at radius 3 is 2.94 bits per heavy atom. The number of aromatic nitrogens is 2. The maximum atomic E-state index is 12.2. The van der Waals surface area contributed by atoms with Gasteiger partial charge in [0.1, 0.15) is 0 Å². The molecule has 18 heavy (non-hydrogen) atoms. The summed E-state index contributed by atoms with van der Waals surface area (Å²) in [6.45, 7) is 2.34. The molecule has 0 spiro atoms. The number of imidazole rings is 1. The standard InChI is InChI=1S/C11H15N3O4/c1-6-2-3-14(7(6)4-15)10(16)8-9(11(17)18)13-5-12-8/h5-7,15H,2-4H2,1H3,(H,12,13)(H,17,18). The fraction of sp³-hybridized carbons (Fsp3) is 0.545. The Hall–Kier alpha value is -1.89. The van der Waals surface area contributed by atoms with Crippen LogP contribution in [0, 0.1) is 5.92 Å². The molecule has 7 nitrogen and oxygen atoms in total. The molecule has 2 unspecified atom stereocenters. The molecule has 1 aromatic heterocycles. The third-order valence-corrected chi connectivity index (χ3v) is 3.39. The normalized spacial score (nSPS) is 23.3. The van der Waals surface area contributed by atoms with Crippen molar-refractivity contribution in [3.63, 3.8) is 0 Å². The first-order chi connectivity index (χ1) is 8.56. The van der Waals surface area contributed by atoms with E-state index in [2.05, 4.69) is 9.97 Å². The van der Waals surface area contributed by atoms with E-state index in [0.717, 1.165) is 6.42 Å². The van der Waals surface area contributed by atoms with Crippen LogP contribution < -0.4 is 0 Å². The summed E-state index contributed by atoms with van der Waals surface area (Å²) < 4.78 is 0. The van der Waals surface area contributed by atoms with Gasteiger partial charge in [0, 0.05) is 6.54 Å². The van der Waals surface area contributed by atoms with Gasteiger partial charge in [-0.25, -0.2) is 9.78 Å². The highest BCUT2D eigenvalue weighted by atomic mass is 16.4. The summed E-state index contributed by atoms with van der Waals surface area (Å²) in [7, 11) is 0. The van der Waals surface area contributed by atoms with Crippen molar-refractivity contribution < 1.29 is 19.8 Å². The Morgan fingerprint density at radius 2 is 2.33 bits per heavy atom. The Kier molecular flexibility index (Phi) is 3.33. The Labute approximate surface area is 103 Å². The molecule has 1 aromatic rings. The van der Waals surface area contributed by atoms with Gasteiger partial charge in [0.05, 0.1) is 19.0 Å². The fourth-order valence-electron chi connectivity index (χ4n) is 2.29. The van der Waals surface area contributed by atoms with Crippen LogP contribution in [0.4, 0.5) is 0 Å². The number of aliphatic hydroxyl groups excluding tert-OH is 1. The number of aromatic carboxylic acids is 1. The Bertz CT molecular complexity index is 471. The number of carboxylic acids is 1. The van der Waals surface area contributed by atoms with E-state index in [1.807, 2.05) is 6.92 Å². The van der Waals surface area contributed by atoms with Gasteiger partial charge in [0.15, 0.2) is 11.4 Å². The molecule has 3 N–H and O–H groups in total. The molecule has 98 valence electrons. The highest BCUT2D eigenvalue weighted by Crippen LogP contribution is 2.25. The van der Waals surface area contributed by atoms with Gasteiger partial charge in [-0.2, -0.15) is 0 Å². The molecule has 2 rings (SSSR count). The van der Waals surface area contributed by atoms with Crippen LogP contribution in [0.1, 0.15) is 34.3 Å². The van der Waals surface area contributed by atoms with Crippen LogP contribution >= 0.6 is 0 Å². The Morgan fingerprint density at radius 1 is 1.61 bits per heavy atom. The van der Waals surface area contributed by atoms with Crippen LogP contribution in [0.5, 0.6) is 0 Å². The first-order valence-corrected chi connectivity index (χ1v) is 5.74. The summed E-state index contributed by atoms with van der Waals surface area (Å²) in [4.78, 5) is 30.8. The molecule has 2 heterocycles. The van der Waals surface area contributed by atoms with Gasteiger partial charge in [-0.3, -0.25) is 4.79 Å². The molecule has 1 saturated heterocycles. The van der Waals surface area contributed by atoms with E-state index in [9.17, 15) is 14.7 Å². The second-order valence-electron chi connectivity index (χ2n) is 4.45. The van der Waals surface area contributed by atoms with Crippen molar-refractivity contribution in [2.75, 3.05) is 13.2 Å². The second-order valence-corrected chi connectivity index (χ2v) is 4.45. The zero-order valence-electron chi connectivity index (χ0n) is 9.96. The highest BCUT2D eigenvalue weighted by molar-refractivity contribution is 6.02. The van der Waals surface area contributed by atoms with E-state index in [1.165, 1.54) is 11.2 Å². The van der Waals surface area contributed by atoms with Crippen LogP contribution in [0.2, 0.25) is 0 Å². The van der Waals surface area contributed by atoms with Crippen molar-refractivity contribution in [3.8, 4) is 0 Å². The molecular weight excluding hydrogens is 238 g/mol. The number of aliphatic hydroxyl groups is 1. The molecular formula is C11H15N3O4. The number of aromatic amines is 1. The van der Waals surface area contributed by atoms with E-state index in [4.69, 9.17) is 5.11 Å². The number of likely N-dealkylation sites (tertiary alicyclic amines) is 1. The van der Waals surface area contributed by atoms with Gasteiger partial charge in [0.2, 0.25) is 0 Å². The average Bonchev–Trinajstić information content (AvgIpc) is 2.93. The first kappa shape index (κ1) is 12.6. The van der Waals surface area contributed by atoms with Gasteiger partial charge in [-0.15, -0.1) is 0 Å². The van der Waals surface area contributed by atoms with Crippen molar-refractivity contribution in [2.45, 2.75) is 19.4 Å². The van der Waals surface area contributed by atoms with Crippen molar-refractivity contribution in [1.29, 1.82) is 0 Å². The molecule has 0 aromatic carbocycles. The number of hydrogen-bond acceptors (Lipinski definition) is 4. The summed E-state index contributed by atoms with van der Waals surface area (Å²) in [6, 6.07) is -0.268. The minimum atomic E-state index is -1.22. The topological polar surface area (TPSA) is 107 Å². The quantitative estimate of drug-likeness (QED) is 0.700. The van der Waals surface area contributed by atoms with Gasteiger partial charge in [-0.05, 0) is 12.3 Å². The van der Waals surface area contributed by atoms with Crippen LogP contribution in [0.3, 0.4) is 0 Å². The fourth-order valence-corrected chi connectivity index (χ4v) is 2.29. The lowest BCUT2D eigenvalue weighted by Gasteiger charge is -2.24. The summed E-state index contributed by atoms with van der Waals surface area (Å²) in [6.07, 6.45) is 1.98. The number of hydrogen-bond donors (Lipinski definition) is 3. The smallest absolute Gasteiger partial charge is 0.354 e. The molecule has 1 fully saturated rings. The number of carboxylic acid groups (broad SMARTS) is 1. The molecule has 0 radical (unpaired) electrons. The van der Waals surface area contributed by atoms with Crippen LogP contribution in [0.25, 0.3) is 0 Å². The largest absolute Gasteiger partial charge is 0.477 e. The summed E-state index contributed by atoms with van der Waals surface area (Å²) in [5, 5.41) is 18.2. The minimum Gasteiger partial charge on any atom is -0.477 e. The summed E-state index contributed by atoms with van der Waals surface area (Å²) in [5.41, 5.74) is -0.314. The predicted octanol–water partition coefficient (Wildman–Crippen LogP) is -0.0492. The SMILES string of the molecule is CC1CCN(C(=O)c2nc[nH]c2C(=O)O)C1CO. The lowest BCUT2D eigenvalue weighted by Crippen LogP contribution is -2.40. The Balaban J connectivity index is 2.26. The summed E-state index contributed by atoms with van der Waals surface area (Å²) in [5.74, 6) is -1.47. The van der Waals surface area contributed by atoms with Gasteiger partial charge in [-0.1, -0.05) is 6.92 Å². The van der Waals surface area contributed by atoms with Crippen molar-refractivity contribution in [3.05, 3.63) is 17.7 Å². The lowest BCUT2D eigenvalue weighted by molar-refractivity contribution is 0.0619. The average molecular weight is 253 g/mol. The number of H-pyrrole nitrogens is 1. The van der Waals surface area contributed by atoms with E-state index in [1.54, 1.807) is 0 Å². The minimum absolute atomic E-state index is 0.102. The number of nitrogens with one attached hydrogen (secondary N) is 1. The van der Waals surface area contributed by atoms with Gasteiger partial charge >= 0.3 is 5.97 Å². The highest BCUT2D eigenvalue weighted by Gasteiger charge is 2.36. The monoisotopic (exact) mass is 253 g/mol. The van der Waals surface area contributed by atoms with Gasteiger partial charge in [0.25, 0.3) is 5.91 Å². The number of carbonyl (C=O) groups is 2. The molecule has 0 aliphatic carbocycles. The molecule has 2 atom stereocenters. The van der Waals surface area contributed by atoms with E-state index in [-0.39, 0.29) is 30.0 Å². The van der Waals surface area contributed by atoms with Crippen molar-refractivity contribution in [2.24, 2.45) is 5.92 Å². The first-order valence-electron chi connectivity index (χ1n) is 5.74. The van der Waals surface area contributed by atoms with Crippen LogP contribution in [0.15, 0.2) is 6.33 Å². The zero-order chi connectivity index (χ0) is 13.3. The maximum Gasteiger partial charge on any atom is 0.354 e. The predicted molar refractivity (Wildman–Crippen MR) is 61.2 cm³/mol. The van der Waals surface area contributed by atoms with Crippen LogP contribution in [-0.2, 0) is 0 Å². The number of amides is 1. The second kappa shape index (κ2) is 4.77. The molecule has 1 aliphatic rings. The molecule has 7 heteroatoms. The number of nitrogens with zero attached hydrogens (tertiary/aromatic N) is 2. The lowest BCUT2D eigenvalue weighted by atomic mass is 10.0. The molecule has 1 aliphatic heterocycles. The molecule has 1 amide bonds. The zero-order valence-corrected chi connectivity index (χ0v) is 9.96. The third-order valence-electron chi connectivity index (χ3n) is 3.39. The number of carbonyl (C=O) groups excluding carboxylic acids is 1. The third kappa shape index (κ3) is 1.97. The van der Waals surface area contributed by atoms with E-state index >= 15 is 0 Å². The van der Waals surface area contributed by atoms with Crippen molar-refractivity contribution in [1.82, 2.24) is 14.9 Å². The maximum absolute atomic E-state index is 12.2. The molecule has 0 saturated carbocycles. The van der Waals surface area contributed by atoms with Crippen molar-refractivity contribution >= 4 is 11.9 Å². The van der Waals surface area contributed by atoms with E-state index in [0.29, 0.717) is 6.54 Å². The molecule has 0 bridgehead atoms. The van der Waals surface area contributed by atoms with Crippen LogP contribution in [-0.4, -0.2) is 56.2 Å². The number of rotatable bonds is 3.